The van der Waals surface area contributed by atoms with E-state index in [0.29, 0.717) is 49.0 Å². The van der Waals surface area contributed by atoms with Crippen LogP contribution >= 0.6 is 11.6 Å². The Morgan fingerprint density at radius 3 is 2.49 bits per heavy atom. The summed E-state index contributed by atoms with van der Waals surface area (Å²) in [4.78, 5) is 11.7. The number of halogens is 2. The lowest BCUT2D eigenvalue weighted by atomic mass is 10.0. The van der Waals surface area contributed by atoms with Crippen LogP contribution in [0.3, 0.4) is 0 Å². The quantitative estimate of drug-likeness (QED) is 0.211. The van der Waals surface area contributed by atoms with E-state index in [4.69, 9.17) is 30.5 Å². The van der Waals surface area contributed by atoms with Gasteiger partial charge >= 0.3 is 5.97 Å². The van der Waals surface area contributed by atoms with Crippen molar-refractivity contribution in [2.24, 2.45) is 0 Å². The van der Waals surface area contributed by atoms with Gasteiger partial charge in [0.05, 0.1) is 19.3 Å². The second-order valence-electron chi connectivity index (χ2n) is 8.78. The van der Waals surface area contributed by atoms with Crippen LogP contribution in [0.4, 0.5) is 4.39 Å². The normalized spacial score (nSPS) is 11.6. The van der Waals surface area contributed by atoms with Crippen molar-refractivity contribution in [2.45, 2.75) is 59.5 Å². The Labute approximate surface area is 223 Å². The van der Waals surface area contributed by atoms with E-state index in [1.807, 2.05) is 39.0 Å². The fraction of sp³-hybridized carbons (Fsp3) is 0.367. The van der Waals surface area contributed by atoms with Crippen LogP contribution in [0.2, 0.25) is 5.02 Å². The highest BCUT2D eigenvalue weighted by molar-refractivity contribution is 6.30. The molecule has 0 aliphatic carbocycles. The maximum absolute atomic E-state index is 14.3. The third-order valence-corrected chi connectivity index (χ3v) is 6.03. The van der Waals surface area contributed by atoms with Crippen LogP contribution in [0, 0.1) is 12.7 Å². The first-order valence-electron chi connectivity index (χ1n) is 12.6. The molecule has 3 aromatic rings. The molecule has 198 valence electrons. The monoisotopic (exact) mass is 528 g/mol. The van der Waals surface area contributed by atoms with Crippen molar-refractivity contribution in [3.05, 3.63) is 82.1 Å². The molecule has 5 nitrogen and oxygen atoms in total. The van der Waals surface area contributed by atoms with Gasteiger partial charge in [0, 0.05) is 23.9 Å². The first kappa shape index (κ1) is 28.3. The minimum Gasteiger partial charge on any atom is -0.493 e. The molecule has 0 fully saturated rings. The summed E-state index contributed by atoms with van der Waals surface area (Å²) in [6.07, 6.45) is 2.28. The van der Waals surface area contributed by atoms with E-state index in [-0.39, 0.29) is 17.8 Å². The lowest BCUT2D eigenvalue weighted by Gasteiger charge is -2.19. The van der Waals surface area contributed by atoms with Gasteiger partial charge in [-0.05, 0) is 86.7 Å². The molecule has 0 spiro atoms. The van der Waals surface area contributed by atoms with Crippen molar-refractivity contribution < 1.29 is 28.1 Å². The summed E-state index contributed by atoms with van der Waals surface area (Å²) < 4.78 is 37.2. The number of esters is 1. The number of carbonyl (C=O) groups excluding carboxylic acids is 1. The lowest BCUT2D eigenvalue weighted by molar-refractivity contribution is -0.143. The van der Waals surface area contributed by atoms with E-state index >= 15 is 0 Å². The molecule has 1 atom stereocenters. The summed E-state index contributed by atoms with van der Waals surface area (Å²) in [6, 6.07) is 15.7. The molecule has 0 saturated heterocycles. The third kappa shape index (κ3) is 8.67. The average molecular weight is 529 g/mol. The Balaban J connectivity index is 1.56. The van der Waals surface area contributed by atoms with E-state index in [1.165, 1.54) is 6.07 Å². The predicted octanol–water partition coefficient (Wildman–Crippen LogP) is 7.87. The Morgan fingerprint density at radius 2 is 1.76 bits per heavy atom. The van der Waals surface area contributed by atoms with Crippen LogP contribution < -0.4 is 14.2 Å². The largest absolute Gasteiger partial charge is 0.493 e. The Kier molecular flexibility index (Phi) is 10.6. The maximum Gasteiger partial charge on any atom is 0.306 e. The molecule has 0 aliphatic heterocycles. The molecule has 0 N–H and O–H groups in total. The number of hydrogen-bond donors (Lipinski definition) is 0. The average Bonchev–Trinajstić information content (AvgIpc) is 2.86. The second-order valence-corrected chi connectivity index (χ2v) is 9.22. The molecule has 0 unspecified atom stereocenters. The van der Waals surface area contributed by atoms with Gasteiger partial charge in [0.25, 0.3) is 0 Å². The smallest absolute Gasteiger partial charge is 0.306 e. The molecule has 0 aliphatic rings. The molecule has 0 aromatic heterocycles. The van der Waals surface area contributed by atoms with Gasteiger partial charge in [0.2, 0.25) is 0 Å². The second kappa shape index (κ2) is 13.9. The summed E-state index contributed by atoms with van der Waals surface area (Å²) in [5, 5.41) is 0.461. The molecule has 0 radical (unpaired) electrons. The van der Waals surface area contributed by atoms with Gasteiger partial charge in [-0.1, -0.05) is 30.7 Å². The number of rotatable bonds is 13. The molecule has 0 amide bonds. The van der Waals surface area contributed by atoms with Crippen molar-refractivity contribution in [1.82, 2.24) is 0 Å². The molecule has 0 heterocycles. The Hall–Kier alpha value is -3.25. The van der Waals surface area contributed by atoms with Crippen LogP contribution in [0.25, 0.3) is 0 Å². The summed E-state index contributed by atoms with van der Waals surface area (Å²) in [5.74, 6) is 1.05. The van der Waals surface area contributed by atoms with Crippen LogP contribution in [-0.4, -0.2) is 25.3 Å². The van der Waals surface area contributed by atoms with Crippen molar-refractivity contribution in [2.75, 3.05) is 13.2 Å². The first-order valence-corrected chi connectivity index (χ1v) is 13.0. The summed E-state index contributed by atoms with van der Waals surface area (Å²) >= 11 is 6.15. The highest BCUT2D eigenvalue weighted by Crippen LogP contribution is 2.36. The molecular weight excluding hydrogens is 495 g/mol. The van der Waals surface area contributed by atoms with E-state index in [2.05, 4.69) is 6.92 Å². The van der Waals surface area contributed by atoms with Gasteiger partial charge in [-0.2, -0.15) is 0 Å². The first-order chi connectivity index (χ1) is 17.8. The molecule has 7 heteroatoms. The zero-order valence-electron chi connectivity index (χ0n) is 21.8. The van der Waals surface area contributed by atoms with Gasteiger partial charge in [-0.25, -0.2) is 4.39 Å². The zero-order valence-corrected chi connectivity index (χ0v) is 22.6. The summed E-state index contributed by atoms with van der Waals surface area (Å²) in [7, 11) is 0. The number of carbonyl (C=O) groups is 1. The van der Waals surface area contributed by atoms with Gasteiger partial charge in [0.15, 0.2) is 23.1 Å². The van der Waals surface area contributed by atoms with Crippen LogP contribution in [0.1, 0.15) is 50.3 Å². The minimum absolute atomic E-state index is 0.103. The molecule has 0 bridgehead atoms. The number of benzene rings is 3. The van der Waals surface area contributed by atoms with E-state index in [9.17, 15) is 9.18 Å². The van der Waals surface area contributed by atoms with Crippen LogP contribution in [0.15, 0.2) is 54.6 Å². The molecule has 3 rings (SSSR count). The standard InChI is InChI=1S/C30H34ClFO5/c1-5-22-18-25(11-8-23(22)9-14-30(33)34-6-2)35-16-15-21(4)36-28-13-10-24(31)19-29(28)37-27-12-7-20(3)17-26(27)32/h7-8,10-13,17-19,21H,5-6,9,14-16H2,1-4H3/t21-/m1/s1. The zero-order chi connectivity index (χ0) is 26.8. The van der Waals surface area contributed by atoms with Crippen molar-refractivity contribution >= 4 is 17.6 Å². The number of ether oxygens (including phenoxy) is 4. The fourth-order valence-corrected chi connectivity index (χ4v) is 3.98. The van der Waals surface area contributed by atoms with E-state index in [0.717, 1.165) is 28.9 Å². The van der Waals surface area contributed by atoms with Gasteiger partial charge in [-0.3, -0.25) is 4.79 Å². The van der Waals surface area contributed by atoms with Crippen molar-refractivity contribution in [3.8, 4) is 23.0 Å². The number of hydrogen-bond acceptors (Lipinski definition) is 5. The van der Waals surface area contributed by atoms with Gasteiger partial charge in [-0.15, -0.1) is 0 Å². The highest BCUT2D eigenvalue weighted by Gasteiger charge is 2.14. The van der Waals surface area contributed by atoms with Gasteiger partial charge in [0.1, 0.15) is 5.75 Å². The van der Waals surface area contributed by atoms with Crippen molar-refractivity contribution in [3.63, 3.8) is 0 Å². The fourth-order valence-electron chi connectivity index (χ4n) is 3.82. The Morgan fingerprint density at radius 1 is 0.973 bits per heavy atom. The molecule has 3 aromatic carbocycles. The summed E-state index contributed by atoms with van der Waals surface area (Å²) in [6.45, 7) is 8.48. The highest BCUT2D eigenvalue weighted by atomic mass is 35.5. The van der Waals surface area contributed by atoms with E-state index in [1.54, 1.807) is 30.3 Å². The SMILES string of the molecule is CCOC(=O)CCc1ccc(OCC[C@@H](C)Oc2ccc(Cl)cc2Oc2ccc(C)cc2F)cc1CC. The summed E-state index contributed by atoms with van der Waals surface area (Å²) in [5.41, 5.74) is 3.08. The van der Waals surface area contributed by atoms with Crippen LogP contribution in [0.5, 0.6) is 23.0 Å². The predicted molar refractivity (Wildman–Crippen MR) is 144 cm³/mol. The molecular formula is C30H34ClFO5. The minimum atomic E-state index is -0.453. The number of aryl methyl sites for hydroxylation is 3. The third-order valence-electron chi connectivity index (χ3n) is 5.80. The maximum atomic E-state index is 14.3. The molecule has 37 heavy (non-hydrogen) atoms. The Bertz CT molecular complexity index is 1200. The molecule has 0 saturated carbocycles. The van der Waals surface area contributed by atoms with Gasteiger partial charge < -0.3 is 18.9 Å². The van der Waals surface area contributed by atoms with Crippen molar-refractivity contribution in [1.29, 1.82) is 0 Å². The lowest BCUT2D eigenvalue weighted by Crippen LogP contribution is -2.16. The topological polar surface area (TPSA) is 54.0 Å². The van der Waals surface area contributed by atoms with Crippen LogP contribution in [-0.2, 0) is 22.4 Å². The van der Waals surface area contributed by atoms with E-state index < -0.39 is 5.82 Å².